The minimum Gasteiger partial charge on any atom is -0.345 e. The molecule has 20 aromatic carbocycles. The molecule has 0 aliphatic heterocycles. The molecule has 1 aromatic heterocycles. The quantitative estimate of drug-likeness (QED) is 0.108. The van der Waals surface area contributed by atoms with Crippen molar-refractivity contribution in [1.82, 2.24) is 4.57 Å². The normalized spacial score (nSPS) is 13.0. The highest BCUT2D eigenvalue weighted by Gasteiger charge is 2.40. The first-order valence-electron chi connectivity index (χ1n) is 50.3. The number of rotatable bonds is 14. The Bertz CT molecular complexity index is 7650. The third-order valence-electron chi connectivity index (χ3n) is 30.3. The molecular formula is C138H124N6. The molecule has 0 radical (unpaired) electrons. The molecular weight excluding hydrogens is 1740 g/mol. The number of nitrogens with zero attached hydrogens (tertiary/aromatic N) is 6. The highest BCUT2D eigenvalue weighted by molar-refractivity contribution is 6.08. The van der Waals surface area contributed by atoms with Crippen LogP contribution in [0.15, 0.2) is 497 Å². The summed E-state index contributed by atoms with van der Waals surface area (Å²) in [5, 5.41) is 2.68. The third kappa shape index (κ3) is 18.7. The molecule has 0 fully saturated rings. The van der Waals surface area contributed by atoms with Crippen LogP contribution in [0.25, 0.3) is 111 Å². The zero-order valence-electron chi connectivity index (χ0n) is 85.0. The first kappa shape index (κ1) is 94.8. The number of benzene rings is 20. The molecule has 706 valence electrons. The van der Waals surface area contributed by atoms with Crippen molar-refractivity contribution >= 4 is 78.7 Å². The number of para-hydroxylation sites is 4. The highest BCUT2D eigenvalue weighted by Crippen LogP contribution is 2.55. The number of fused-ring (bicyclic) bond motifs is 15. The molecule has 25 rings (SSSR count). The molecule has 0 saturated carbocycles. The van der Waals surface area contributed by atoms with E-state index in [1.54, 1.807) is 0 Å². The number of hydrogen-bond donors (Lipinski definition) is 0. The fourth-order valence-electron chi connectivity index (χ4n) is 21.9. The van der Waals surface area contributed by atoms with Crippen molar-refractivity contribution in [2.45, 2.75) is 77.0 Å². The van der Waals surface area contributed by atoms with Gasteiger partial charge in [0.1, 0.15) is 0 Å². The molecule has 0 amide bonds. The molecule has 4 aliphatic rings. The van der Waals surface area contributed by atoms with E-state index in [0.717, 1.165) is 0 Å². The highest BCUT2D eigenvalue weighted by atomic mass is 15.1. The summed E-state index contributed by atoms with van der Waals surface area (Å²) in [7, 11) is 12.8. The maximum atomic E-state index is 2.39. The lowest BCUT2D eigenvalue weighted by molar-refractivity contribution is 0.659. The monoisotopic (exact) mass is 1860 g/mol. The fraction of sp³-hybridized carbons (Fsp3) is 0.130. The minimum absolute atomic E-state index is 0.0182. The van der Waals surface area contributed by atoms with Crippen molar-refractivity contribution in [1.29, 1.82) is 0 Å². The summed E-state index contributed by atoms with van der Waals surface area (Å²) in [6, 6.07) is 178. The van der Waals surface area contributed by atoms with E-state index in [4.69, 9.17) is 0 Å². The number of aromatic nitrogens is 1. The Labute approximate surface area is 852 Å². The molecule has 0 bridgehead atoms. The molecule has 0 unspecified atom stereocenters. The maximum Gasteiger partial charge on any atom is 0.0488 e. The van der Waals surface area contributed by atoms with Crippen LogP contribution >= 0.6 is 0 Å². The molecule has 0 spiro atoms. The average Bonchev–Trinajstić information content (AvgIpc) is 1.58. The van der Waals surface area contributed by atoms with E-state index in [1.807, 2.05) is 24.3 Å². The van der Waals surface area contributed by atoms with E-state index in [-0.39, 0.29) is 21.7 Å². The van der Waals surface area contributed by atoms with Gasteiger partial charge in [0.15, 0.2) is 0 Å². The lowest BCUT2D eigenvalue weighted by atomic mass is 9.82. The molecule has 21 aromatic rings. The van der Waals surface area contributed by atoms with Crippen molar-refractivity contribution in [3.63, 3.8) is 0 Å². The predicted molar refractivity (Wildman–Crippen MR) is 617 cm³/mol. The summed E-state index contributed by atoms with van der Waals surface area (Å²) in [6.07, 6.45) is 0. The fourth-order valence-corrected chi connectivity index (χ4v) is 21.9. The Morgan fingerprint density at radius 1 is 0.146 bits per heavy atom. The van der Waals surface area contributed by atoms with E-state index in [0.29, 0.717) is 0 Å². The first-order valence-corrected chi connectivity index (χ1v) is 50.3. The van der Waals surface area contributed by atoms with E-state index in [9.17, 15) is 0 Å². The van der Waals surface area contributed by atoms with E-state index in [2.05, 4.69) is 600 Å². The van der Waals surface area contributed by atoms with E-state index < -0.39 is 0 Å². The number of anilines is 10. The standard InChI is InChI=1S/2C31H29N.2C25H21N.C13H11N.C13H13N/c1-30(2)26-12-8-6-10-22(26)24-18-20(14-16-28(24)30)32(5)21-15-17-29-25(19-21)23-11-7-9-13-27(23)31(29,3)4;1-30(2)26-12-8-6-10-22(26)24-16-14-20(18-28(24)30)32(5)21-15-17-25-23-11-7-9-13-27(23)31(3,4)29(25)19-21;1-26(24-16-8-14-22(18-24)20-10-4-2-5-11-20)25-17-9-15-23(19-25)21-12-6-3-7-13-21;1-26(24-16-12-22(13-17-24)20-8-4-2-5-9-20)25-18-14-23(15-19-25)21-10-6-3-7-11-21;1-14-12-8-4-2-6-10(12)11-7-3-5-9-13(11)14;1-14(12-8-4-2-5-9-12)13-10-6-3-7-11-13/h2*6-19H,1-5H3;2*2-19H,1H3;2-9H,1H3;2-11H,1H3. The van der Waals surface area contributed by atoms with Gasteiger partial charge in [-0.1, -0.05) is 419 Å². The lowest BCUT2D eigenvalue weighted by Crippen LogP contribution is -2.17. The average molecular weight is 1870 g/mol. The molecule has 0 atom stereocenters. The molecule has 4 aliphatic carbocycles. The van der Waals surface area contributed by atoms with Gasteiger partial charge in [-0.15, -0.1) is 0 Å². The van der Waals surface area contributed by atoms with Crippen molar-refractivity contribution in [2.24, 2.45) is 7.05 Å². The number of hydrogen-bond acceptors (Lipinski definition) is 5. The summed E-state index contributed by atoms with van der Waals surface area (Å²) in [6.45, 7) is 18.7. The lowest BCUT2D eigenvalue weighted by Gasteiger charge is -2.27. The molecule has 0 N–H and O–H groups in total. The molecule has 1 heterocycles. The second-order valence-corrected chi connectivity index (χ2v) is 40.3. The third-order valence-corrected chi connectivity index (χ3v) is 30.3. The molecule has 6 heteroatoms. The van der Waals surface area contributed by atoms with Crippen molar-refractivity contribution in [3.05, 3.63) is 542 Å². The van der Waals surface area contributed by atoms with E-state index >= 15 is 0 Å². The number of aryl methyl sites for hydroxylation is 1. The Hall–Kier alpha value is -16.8. The molecule has 144 heavy (non-hydrogen) atoms. The summed E-state index contributed by atoms with van der Waals surface area (Å²) < 4.78 is 2.24. The Balaban J connectivity index is 0.000000108. The van der Waals surface area contributed by atoms with Crippen LogP contribution in [0.5, 0.6) is 0 Å². The van der Waals surface area contributed by atoms with Gasteiger partial charge in [-0.3, -0.25) is 0 Å². The zero-order chi connectivity index (χ0) is 99.4. The van der Waals surface area contributed by atoms with Crippen LogP contribution in [0.1, 0.15) is 99.9 Å². The molecule has 6 nitrogen and oxygen atoms in total. The minimum atomic E-state index is 0.0182. The van der Waals surface area contributed by atoms with Gasteiger partial charge in [0, 0.05) is 143 Å². The zero-order valence-corrected chi connectivity index (χ0v) is 85.0. The van der Waals surface area contributed by atoms with Crippen LogP contribution in [0.3, 0.4) is 0 Å². The summed E-state index contributed by atoms with van der Waals surface area (Å²) in [4.78, 5) is 11.3. The van der Waals surface area contributed by atoms with Gasteiger partial charge in [-0.2, -0.15) is 0 Å². The van der Waals surface area contributed by atoms with Gasteiger partial charge >= 0.3 is 0 Å². The van der Waals surface area contributed by atoms with Crippen molar-refractivity contribution in [2.75, 3.05) is 59.7 Å². The SMILES string of the molecule is CN(c1ccc(-c2ccccc2)cc1)c1ccc(-c2ccccc2)cc1.CN(c1ccc2c(c1)-c1ccccc1C2(C)C)c1ccc2c(c1)-c1ccccc1C2(C)C.CN(c1ccc2c(c1)C(C)(C)c1ccccc1-2)c1ccc2c(c1)C(C)(C)c1ccccc1-2.CN(c1cccc(-c2ccccc2)c1)c1cccc(-c2ccccc2)c1.CN(c1ccccc1)c1ccccc1.Cn1c2ccccc2c2ccccc21. The van der Waals surface area contributed by atoms with Crippen LogP contribution in [-0.4, -0.2) is 39.8 Å². The van der Waals surface area contributed by atoms with Crippen LogP contribution in [0.2, 0.25) is 0 Å². The summed E-state index contributed by atoms with van der Waals surface area (Å²) in [5.74, 6) is 0. The maximum absolute atomic E-state index is 2.39. The van der Waals surface area contributed by atoms with Gasteiger partial charge in [0.25, 0.3) is 0 Å². The second kappa shape index (κ2) is 40.4. The summed E-state index contributed by atoms with van der Waals surface area (Å²) in [5.41, 5.74) is 47.0. The Morgan fingerprint density at radius 3 is 0.681 bits per heavy atom. The predicted octanol–water partition coefficient (Wildman–Crippen LogP) is 36.5. The topological polar surface area (TPSA) is 21.1 Å². The molecule has 0 saturated heterocycles. The van der Waals surface area contributed by atoms with Crippen LogP contribution in [0, 0.1) is 0 Å². The Kier molecular flexibility index (Phi) is 26.6. The smallest absolute Gasteiger partial charge is 0.0488 e. The first-order chi connectivity index (χ1) is 70.0. The van der Waals surface area contributed by atoms with Crippen molar-refractivity contribution < 1.29 is 0 Å². The van der Waals surface area contributed by atoms with E-state index in [1.165, 1.54) is 212 Å². The summed E-state index contributed by atoms with van der Waals surface area (Å²) >= 11 is 0. The van der Waals surface area contributed by atoms with Gasteiger partial charge in [0.2, 0.25) is 0 Å². The second-order valence-electron chi connectivity index (χ2n) is 40.3. The van der Waals surface area contributed by atoms with Crippen LogP contribution in [-0.2, 0) is 28.7 Å². The van der Waals surface area contributed by atoms with Crippen LogP contribution < -0.4 is 24.5 Å². The van der Waals surface area contributed by atoms with Gasteiger partial charge in [-0.05, 0) is 267 Å². The largest absolute Gasteiger partial charge is 0.345 e. The van der Waals surface area contributed by atoms with Gasteiger partial charge in [-0.25, -0.2) is 0 Å². The Morgan fingerprint density at radius 2 is 0.347 bits per heavy atom. The van der Waals surface area contributed by atoms with Gasteiger partial charge in [0.05, 0.1) is 0 Å². The van der Waals surface area contributed by atoms with Crippen LogP contribution in [0.4, 0.5) is 56.9 Å². The van der Waals surface area contributed by atoms with Crippen molar-refractivity contribution in [3.8, 4) is 89.0 Å². The van der Waals surface area contributed by atoms with Gasteiger partial charge < -0.3 is 29.1 Å².